The summed E-state index contributed by atoms with van der Waals surface area (Å²) in [5, 5.41) is 4.39. The highest BCUT2D eigenvalue weighted by molar-refractivity contribution is 6.29. The van der Waals surface area contributed by atoms with Gasteiger partial charge in [-0.2, -0.15) is 5.10 Å². The maximum Gasteiger partial charge on any atom is 0.168 e. The monoisotopic (exact) mass is 235 g/mol. The van der Waals surface area contributed by atoms with Gasteiger partial charge in [-0.25, -0.2) is 4.98 Å². The number of ketones is 1. The van der Waals surface area contributed by atoms with Crippen molar-refractivity contribution in [1.29, 1.82) is 0 Å². The largest absolute Gasteiger partial charge is 0.294 e. The SMILES string of the molecule is Cn1cc(CC(=O)c2ccc(Cl)nc2)cn1. The molecule has 0 radical (unpaired) electrons. The molecule has 0 aliphatic heterocycles. The average Bonchev–Trinajstić information content (AvgIpc) is 2.65. The molecule has 82 valence electrons. The third kappa shape index (κ3) is 2.46. The summed E-state index contributed by atoms with van der Waals surface area (Å²) in [6.45, 7) is 0. The number of Topliss-reactive ketones (excluding diaryl/α,β-unsaturated/α-hetero) is 1. The molecule has 2 rings (SSSR count). The van der Waals surface area contributed by atoms with Crippen LogP contribution in [0.5, 0.6) is 0 Å². The van der Waals surface area contributed by atoms with Crippen molar-refractivity contribution < 1.29 is 4.79 Å². The summed E-state index contributed by atoms with van der Waals surface area (Å²) in [5.74, 6) is 0.0113. The number of aromatic nitrogens is 3. The zero-order valence-electron chi connectivity index (χ0n) is 8.72. The first-order valence-electron chi connectivity index (χ1n) is 4.77. The van der Waals surface area contributed by atoms with Crippen LogP contribution >= 0.6 is 11.6 Å². The van der Waals surface area contributed by atoms with Crippen LogP contribution < -0.4 is 0 Å². The summed E-state index contributed by atoms with van der Waals surface area (Å²) in [7, 11) is 1.82. The molecular weight excluding hydrogens is 226 g/mol. The van der Waals surface area contributed by atoms with E-state index in [9.17, 15) is 4.79 Å². The molecule has 0 aliphatic carbocycles. The lowest BCUT2D eigenvalue weighted by molar-refractivity contribution is 0.0992. The third-order valence-corrected chi connectivity index (χ3v) is 2.40. The van der Waals surface area contributed by atoms with Crippen molar-refractivity contribution in [1.82, 2.24) is 14.8 Å². The Morgan fingerprint density at radius 1 is 1.44 bits per heavy atom. The molecule has 0 N–H and O–H groups in total. The number of carbonyl (C=O) groups is 1. The zero-order chi connectivity index (χ0) is 11.5. The second kappa shape index (κ2) is 4.45. The molecule has 2 aromatic heterocycles. The summed E-state index contributed by atoms with van der Waals surface area (Å²) < 4.78 is 1.67. The minimum atomic E-state index is 0.0113. The van der Waals surface area contributed by atoms with Crippen LogP contribution in [0.2, 0.25) is 5.15 Å². The van der Waals surface area contributed by atoms with Gasteiger partial charge in [0.15, 0.2) is 5.78 Å². The molecule has 0 aromatic carbocycles. The standard InChI is InChI=1S/C11H10ClN3O/c1-15-7-8(5-14-15)4-10(16)9-2-3-11(12)13-6-9/h2-3,5-7H,4H2,1H3. The van der Waals surface area contributed by atoms with E-state index in [4.69, 9.17) is 11.6 Å². The molecule has 0 saturated carbocycles. The van der Waals surface area contributed by atoms with Crippen molar-refractivity contribution in [2.45, 2.75) is 6.42 Å². The van der Waals surface area contributed by atoms with Crippen LogP contribution in [-0.2, 0) is 13.5 Å². The molecule has 0 bridgehead atoms. The third-order valence-electron chi connectivity index (χ3n) is 2.17. The van der Waals surface area contributed by atoms with Crippen molar-refractivity contribution in [3.63, 3.8) is 0 Å². The number of hydrogen-bond acceptors (Lipinski definition) is 3. The molecule has 16 heavy (non-hydrogen) atoms. The molecule has 4 nitrogen and oxygen atoms in total. The summed E-state index contributed by atoms with van der Waals surface area (Å²) >= 11 is 5.64. The maximum atomic E-state index is 11.8. The minimum Gasteiger partial charge on any atom is -0.294 e. The van der Waals surface area contributed by atoms with Crippen molar-refractivity contribution in [2.24, 2.45) is 7.05 Å². The van der Waals surface area contributed by atoms with Gasteiger partial charge >= 0.3 is 0 Å². The van der Waals surface area contributed by atoms with Crippen LogP contribution in [0.15, 0.2) is 30.7 Å². The molecular formula is C11H10ClN3O. The number of halogens is 1. The minimum absolute atomic E-state index is 0.0113. The van der Waals surface area contributed by atoms with E-state index in [1.165, 1.54) is 6.20 Å². The van der Waals surface area contributed by atoms with Gasteiger partial charge in [0.05, 0.1) is 6.20 Å². The number of pyridine rings is 1. The molecule has 5 heteroatoms. The molecule has 0 fully saturated rings. The van der Waals surface area contributed by atoms with Gasteiger partial charge in [0.25, 0.3) is 0 Å². The van der Waals surface area contributed by atoms with Crippen LogP contribution in [0, 0.1) is 0 Å². The topological polar surface area (TPSA) is 47.8 Å². The summed E-state index contributed by atoms with van der Waals surface area (Å²) in [6, 6.07) is 3.28. The Bertz CT molecular complexity index is 504. The Hall–Kier alpha value is -1.68. The highest BCUT2D eigenvalue weighted by Gasteiger charge is 2.08. The molecule has 0 aliphatic rings. The number of hydrogen-bond donors (Lipinski definition) is 0. The zero-order valence-corrected chi connectivity index (χ0v) is 9.48. The number of nitrogens with zero attached hydrogens (tertiary/aromatic N) is 3. The van der Waals surface area contributed by atoms with E-state index in [1.54, 1.807) is 23.0 Å². The van der Waals surface area contributed by atoms with E-state index in [1.807, 2.05) is 13.2 Å². The second-order valence-corrected chi connectivity index (χ2v) is 3.88. The van der Waals surface area contributed by atoms with Gasteiger partial charge in [0, 0.05) is 31.4 Å². The molecule has 0 unspecified atom stereocenters. The normalized spacial score (nSPS) is 10.4. The van der Waals surface area contributed by atoms with E-state index in [0.717, 1.165) is 5.56 Å². The molecule has 0 saturated heterocycles. The van der Waals surface area contributed by atoms with Crippen molar-refractivity contribution in [3.8, 4) is 0 Å². The van der Waals surface area contributed by atoms with Crippen LogP contribution in [0.25, 0.3) is 0 Å². The number of aryl methyl sites for hydroxylation is 1. The fraction of sp³-hybridized carbons (Fsp3) is 0.182. The van der Waals surface area contributed by atoms with Gasteiger partial charge in [-0.05, 0) is 17.7 Å². The first kappa shape index (κ1) is 10.8. The summed E-state index contributed by atoms with van der Waals surface area (Å²) in [5.41, 5.74) is 1.45. The average molecular weight is 236 g/mol. The van der Waals surface area contributed by atoms with E-state index in [-0.39, 0.29) is 5.78 Å². The Balaban J connectivity index is 2.11. The fourth-order valence-electron chi connectivity index (χ4n) is 1.39. The van der Waals surface area contributed by atoms with Crippen LogP contribution in [0.1, 0.15) is 15.9 Å². The Labute approximate surface area is 97.9 Å². The first-order valence-corrected chi connectivity index (χ1v) is 5.15. The Morgan fingerprint density at radius 3 is 2.81 bits per heavy atom. The maximum absolute atomic E-state index is 11.8. The Morgan fingerprint density at radius 2 is 2.25 bits per heavy atom. The number of carbonyl (C=O) groups excluding carboxylic acids is 1. The Kier molecular flexibility index (Phi) is 3.01. The van der Waals surface area contributed by atoms with Crippen molar-refractivity contribution in [3.05, 3.63) is 47.0 Å². The number of rotatable bonds is 3. The molecule has 0 atom stereocenters. The van der Waals surface area contributed by atoms with E-state index >= 15 is 0 Å². The highest BCUT2D eigenvalue weighted by atomic mass is 35.5. The molecule has 2 aromatic rings. The lowest BCUT2D eigenvalue weighted by atomic mass is 10.1. The lowest BCUT2D eigenvalue weighted by Crippen LogP contribution is -2.03. The smallest absolute Gasteiger partial charge is 0.168 e. The lowest BCUT2D eigenvalue weighted by Gasteiger charge is -1.98. The predicted molar refractivity (Wildman–Crippen MR) is 60.5 cm³/mol. The van der Waals surface area contributed by atoms with Crippen LogP contribution in [0.4, 0.5) is 0 Å². The second-order valence-electron chi connectivity index (χ2n) is 3.49. The quantitative estimate of drug-likeness (QED) is 0.603. The van der Waals surface area contributed by atoms with Gasteiger partial charge in [0.2, 0.25) is 0 Å². The van der Waals surface area contributed by atoms with Gasteiger partial charge in [-0.3, -0.25) is 9.48 Å². The van der Waals surface area contributed by atoms with Crippen LogP contribution in [0.3, 0.4) is 0 Å². The first-order chi connectivity index (χ1) is 7.65. The van der Waals surface area contributed by atoms with Gasteiger partial charge in [0.1, 0.15) is 5.15 Å². The summed E-state index contributed by atoms with van der Waals surface area (Å²) in [6.07, 6.45) is 5.32. The summed E-state index contributed by atoms with van der Waals surface area (Å²) in [4.78, 5) is 15.7. The van der Waals surface area contributed by atoms with Crippen molar-refractivity contribution >= 4 is 17.4 Å². The highest BCUT2D eigenvalue weighted by Crippen LogP contribution is 2.09. The molecule has 2 heterocycles. The molecule has 0 spiro atoms. The van der Waals surface area contributed by atoms with Gasteiger partial charge in [-0.15, -0.1) is 0 Å². The molecule has 0 amide bonds. The van der Waals surface area contributed by atoms with E-state index in [0.29, 0.717) is 17.1 Å². The van der Waals surface area contributed by atoms with Gasteiger partial charge < -0.3 is 0 Å². The van der Waals surface area contributed by atoms with Crippen molar-refractivity contribution in [2.75, 3.05) is 0 Å². The van der Waals surface area contributed by atoms with Gasteiger partial charge in [-0.1, -0.05) is 11.6 Å². The fourth-order valence-corrected chi connectivity index (χ4v) is 1.50. The predicted octanol–water partition coefficient (Wildman–Crippen LogP) is 1.89. The van der Waals surface area contributed by atoms with E-state index in [2.05, 4.69) is 10.1 Å². The van der Waals surface area contributed by atoms with Crippen LogP contribution in [-0.4, -0.2) is 20.5 Å². The van der Waals surface area contributed by atoms with E-state index < -0.39 is 0 Å².